The van der Waals surface area contributed by atoms with Gasteiger partial charge in [0.15, 0.2) is 5.82 Å². The molecule has 0 aliphatic carbocycles. The standard InChI is InChI=1S/C21H25N3O3/c1-14-22-19(27-23-14)18(24(5)20(25)26-21(2,3)4)13-15-10-11-16-8-6-7-9-17(16)12-15/h6-12,18H,13H2,1-5H3. The van der Waals surface area contributed by atoms with Gasteiger partial charge in [-0.15, -0.1) is 0 Å². The summed E-state index contributed by atoms with van der Waals surface area (Å²) in [4.78, 5) is 18.5. The lowest BCUT2D eigenvalue weighted by Crippen LogP contribution is -2.37. The van der Waals surface area contributed by atoms with E-state index in [0.717, 1.165) is 10.9 Å². The maximum atomic E-state index is 12.6. The van der Waals surface area contributed by atoms with E-state index in [4.69, 9.17) is 9.26 Å². The lowest BCUT2D eigenvalue weighted by molar-refractivity contribution is 0.0190. The van der Waals surface area contributed by atoms with Crippen LogP contribution in [0.2, 0.25) is 0 Å². The van der Waals surface area contributed by atoms with Crippen LogP contribution < -0.4 is 0 Å². The molecule has 0 N–H and O–H groups in total. The number of carbonyl (C=O) groups excluding carboxylic acids is 1. The van der Waals surface area contributed by atoms with E-state index >= 15 is 0 Å². The molecule has 1 amide bonds. The summed E-state index contributed by atoms with van der Waals surface area (Å²) in [5.74, 6) is 0.931. The molecule has 1 atom stereocenters. The number of aromatic nitrogens is 2. The first-order valence-electron chi connectivity index (χ1n) is 8.96. The molecule has 0 fully saturated rings. The van der Waals surface area contributed by atoms with Gasteiger partial charge in [-0.2, -0.15) is 4.98 Å². The van der Waals surface area contributed by atoms with E-state index < -0.39 is 17.7 Å². The highest BCUT2D eigenvalue weighted by molar-refractivity contribution is 5.83. The quantitative estimate of drug-likeness (QED) is 0.669. The van der Waals surface area contributed by atoms with Gasteiger partial charge >= 0.3 is 6.09 Å². The molecule has 1 heterocycles. The molecule has 0 aliphatic heterocycles. The fraction of sp³-hybridized carbons (Fsp3) is 0.381. The molecule has 3 aromatic rings. The van der Waals surface area contributed by atoms with Crippen LogP contribution in [0.25, 0.3) is 10.8 Å². The Bertz CT molecular complexity index is 943. The SMILES string of the molecule is Cc1noc(C(Cc2ccc3ccccc3c2)N(C)C(=O)OC(C)(C)C)n1. The lowest BCUT2D eigenvalue weighted by atomic mass is 10.0. The molecular formula is C21H25N3O3. The van der Waals surface area contributed by atoms with Gasteiger partial charge in [-0.1, -0.05) is 47.6 Å². The Hall–Kier alpha value is -2.89. The van der Waals surface area contributed by atoms with Gasteiger partial charge in [-0.3, -0.25) is 4.90 Å². The van der Waals surface area contributed by atoms with Gasteiger partial charge in [0, 0.05) is 13.5 Å². The minimum absolute atomic E-state index is 0.397. The lowest BCUT2D eigenvalue weighted by Gasteiger charge is -2.29. The average Bonchev–Trinajstić information content (AvgIpc) is 3.03. The highest BCUT2D eigenvalue weighted by atomic mass is 16.6. The second kappa shape index (κ2) is 7.39. The molecule has 2 aromatic carbocycles. The Labute approximate surface area is 159 Å². The van der Waals surface area contributed by atoms with Crippen molar-refractivity contribution >= 4 is 16.9 Å². The van der Waals surface area contributed by atoms with Gasteiger partial charge in [-0.25, -0.2) is 4.79 Å². The van der Waals surface area contributed by atoms with Crippen LogP contribution in [0.1, 0.15) is 44.1 Å². The van der Waals surface area contributed by atoms with E-state index in [-0.39, 0.29) is 0 Å². The van der Waals surface area contributed by atoms with Crippen molar-refractivity contribution in [2.75, 3.05) is 7.05 Å². The summed E-state index contributed by atoms with van der Waals surface area (Å²) in [6.07, 6.45) is 0.117. The molecule has 1 unspecified atom stereocenters. The van der Waals surface area contributed by atoms with Crippen molar-refractivity contribution in [3.63, 3.8) is 0 Å². The Kier molecular flexibility index (Phi) is 5.17. The van der Waals surface area contributed by atoms with Crippen molar-refractivity contribution in [3.8, 4) is 0 Å². The zero-order chi connectivity index (χ0) is 19.6. The number of likely N-dealkylation sites (N-methyl/N-ethyl adjacent to an activating group) is 1. The van der Waals surface area contributed by atoms with Crippen LogP contribution in [0.15, 0.2) is 47.0 Å². The minimum Gasteiger partial charge on any atom is -0.444 e. The fourth-order valence-electron chi connectivity index (χ4n) is 2.89. The van der Waals surface area contributed by atoms with Crippen molar-refractivity contribution in [1.29, 1.82) is 0 Å². The first kappa shape index (κ1) is 18.9. The number of aryl methyl sites for hydroxylation is 1. The average molecular weight is 367 g/mol. The number of fused-ring (bicyclic) bond motifs is 1. The number of benzene rings is 2. The van der Waals surface area contributed by atoms with Crippen LogP contribution in [-0.4, -0.2) is 33.8 Å². The van der Waals surface area contributed by atoms with Gasteiger partial charge in [0.2, 0.25) is 5.89 Å². The van der Waals surface area contributed by atoms with E-state index in [2.05, 4.69) is 40.5 Å². The molecule has 3 rings (SSSR count). The maximum Gasteiger partial charge on any atom is 0.410 e. The smallest absolute Gasteiger partial charge is 0.410 e. The normalized spacial score (nSPS) is 12.8. The molecule has 6 nitrogen and oxygen atoms in total. The zero-order valence-electron chi connectivity index (χ0n) is 16.4. The number of hydrogen-bond donors (Lipinski definition) is 0. The number of nitrogens with zero attached hydrogens (tertiary/aromatic N) is 3. The molecule has 27 heavy (non-hydrogen) atoms. The third-order valence-corrected chi connectivity index (χ3v) is 4.22. The van der Waals surface area contributed by atoms with Crippen LogP contribution >= 0.6 is 0 Å². The minimum atomic E-state index is -0.580. The molecular weight excluding hydrogens is 342 g/mol. The highest BCUT2D eigenvalue weighted by Crippen LogP contribution is 2.26. The second-order valence-electron chi connectivity index (χ2n) is 7.67. The predicted octanol–water partition coefficient (Wildman–Crippen LogP) is 4.68. The van der Waals surface area contributed by atoms with Crippen LogP contribution in [0.5, 0.6) is 0 Å². The molecule has 0 bridgehead atoms. The molecule has 0 aliphatic rings. The summed E-state index contributed by atoms with van der Waals surface area (Å²) in [7, 11) is 1.69. The van der Waals surface area contributed by atoms with E-state index in [9.17, 15) is 4.79 Å². The molecule has 6 heteroatoms. The molecule has 0 saturated carbocycles. The van der Waals surface area contributed by atoms with Crippen molar-refractivity contribution in [2.24, 2.45) is 0 Å². The first-order chi connectivity index (χ1) is 12.7. The molecule has 1 aromatic heterocycles. The number of ether oxygens (including phenoxy) is 1. The van der Waals surface area contributed by atoms with Crippen molar-refractivity contribution in [2.45, 2.75) is 45.8 Å². The van der Waals surface area contributed by atoms with Crippen molar-refractivity contribution in [1.82, 2.24) is 15.0 Å². The van der Waals surface area contributed by atoms with Gasteiger partial charge in [0.05, 0.1) is 0 Å². The summed E-state index contributed by atoms with van der Waals surface area (Å²) in [6, 6.07) is 14.0. The summed E-state index contributed by atoms with van der Waals surface area (Å²) < 4.78 is 10.9. The van der Waals surface area contributed by atoms with Crippen LogP contribution in [0.4, 0.5) is 4.79 Å². The summed E-state index contributed by atoms with van der Waals surface area (Å²) in [5, 5.41) is 6.20. The maximum absolute atomic E-state index is 12.6. The fourth-order valence-corrected chi connectivity index (χ4v) is 2.89. The van der Waals surface area contributed by atoms with Crippen molar-refractivity contribution in [3.05, 3.63) is 59.7 Å². The van der Waals surface area contributed by atoms with Gasteiger partial charge in [0.25, 0.3) is 0 Å². The largest absolute Gasteiger partial charge is 0.444 e. The Balaban J connectivity index is 1.90. The van der Waals surface area contributed by atoms with E-state index in [0.29, 0.717) is 18.1 Å². The molecule has 0 spiro atoms. The highest BCUT2D eigenvalue weighted by Gasteiger charge is 2.30. The van der Waals surface area contributed by atoms with E-state index in [1.165, 1.54) is 10.3 Å². The third-order valence-electron chi connectivity index (χ3n) is 4.22. The molecule has 142 valence electrons. The Morgan fingerprint density at radius 2 is 1.89 bits per heavy atom. The number of amides is 1. The third kappa shape index (κ3) is 4.64. The monoisotopic (exact) mass is 367 g/mol. The van der Waals surface area contributed by atoms with E-state index in [1.54, 1.807) is 14.0 Å². The van der Waals surface area contributed by atoms with Crippen LogP contribution in [-0.2, 0) is 11.2 Å². The van der Waals surface area contributed by atoms with Crippen LogP contribution in [0, 0.1) is 6.92 Å². The van der Waals surface area contributed by atoms with Crippen molar-refractivity contribution < 1.29 is 14.1 Å². The number of carbonyl (C=O) groups is 1. The van der Waals surface area contributed by atoms with E-state index in [1.807, 2.05) is 32.9 Å². The topological polar surface area (TPSA) is 68.5 Å². The van der Waals surface area contributed by atoms with Gasteiger partial charge < -0.3 is 9.26 Å². The Morgan fingerprint density at radius 3 is 2.52 bits per heavy atom. The number of hydrogen-bond acceptors (Lipinski definition) is 5. The summed E-state index contributed by atoms with van der Waals surface area (Å²) in [6.45, 7) is 7.28. The molecule has 0 saturated heterocycles. The zero-order valence-corrected chi connectivity index (χ0v) is 16.4. The van der Waals surface area contributed by atoms with Gasteiger partial charge in [0.1, 0.15) is 11.6 Å². The van der Waals surface area contributed by atoms with Crippen LogP contribution in [0.3, 0.4) is 0 Å². The number of rotatable bonds is 4. The Morgan fingerprint density at radius 1 is 1.19 bits per heavy atom. The second-order valence-corrected chi connectivity index (χ2v) is 7.67. The first-order valence-corrected chi connectivity index (χ1v) is 8.96. The predicted molar refractivity (Wildman–Crippen MR) is 103 cm³/mol. The summed E-state index contributed by atoms with van der Waals surface area (Å²) in [5.41, 5.74) is 0.494. The summed E-state index contributed by atoms with van der Waals surface area (Å²) >= 11 is 0. The molecule has 0 radical (unpaired) electrons. The van der Waals surface area contributed by atoms with Gasteiger partial charge in [-0.05, 0) is 44.0 Å².